The van der Waals surface area contributed by atoms with E-state index in [0.29, 0.717) is 18.7 Å². The van der Waals surface area contributed by atoms with Gasteiger partial charge in [0, 0.05) is 25.9 Å². The zero-order valence-electron chi connectivity index (χ0n) is 16.7. The molecule has 1 aromatic heterocycles. The van der Waals surface area contributed by atoms with Gasteiger partial charge < -0.3 is 14.2 Å². The lowest BCUT2D eigenvalue weighted by molar-refractivity contribution is -0.0387. The topological polar surface area (TPSA) is 51.5 Å². The lowest BCUT2D eigenvalue weighted by atomic mass is 9.88. The van der Waals surface area contributed by atoms with Gasteiger partial charge in [-0.3, -0.25) is 9.59 Å². The number of rotatable bonds is 3. The fourth-order valence-corrected chi connectivity index (χ4v) is 4.52. The van der Waals surface area contributed by atoms with E-state index in [-0.39, 0.29) is 23.1 Å². The molecule has 2 fully saturated rings. The lowest BCUT2D eigenvalue weighted by Crippen LogP contribution is -2.48. The van der Waals surface area contributed by atoms with E-state index in [1.807, 2.05) is 55.1 Å². The van der Waals surface area contributed by atoms with Gasteiger partial charge in [0.1, 0.15) is 5.56 Å². The predicted molar refractivity (Wildman–Crippen MR) is 109 cm³/mol. The van der Waals surface area contributed by atoms with Gasteiger partial charge in [-0.2, -0.15) is 0 Å². The van der Waals surface area contributed by atoms with Crippen molar-refractivity contribution < 1.29 is 9.53 Å². The fraction of sp³-hybridized carbons (Fsp3) is 0.478. The average Bonchev–Trinajstić information content (AvgIpc) is 3.16. The molecule has 2 aliphatic rings. The first kappa shape index (κ1) is 18.9. The number of hydrogen-bond donors (Lipinski definition) is 0. The van der Waals surface area contributed by atoms with Gasteiger partial charge in [0.2, 0.25) is 0 Å². The van der Waals surface area contributed by atoms with Gasteiger partial charge in [-0.05, 0) is 56.7 Å². The number of aryl methyl sites for hydroxylation is 1. The first-order chi connectivity index (χ1) is 13.5. The van der Waals surface area contributed by atoms with Crippen molar-refractivity contribution in [3.63, 3.8) is 0 Å². The zero-order valence-corrected chi connectivity index (χ0v) is 16.7. The van der Waals surface area contributed by atoms with Gasteiger partial charge in [-0.1, -0.05) is 30.3 Å². The Labute approximate surface area is 165 Å². The van der Waals surface area contributed by atoms with E-state index in [2.05, 4.69) is 0 Å². The van der Waals surface area contributed by atoms with Gasteiger partial charge >= 0.3 is 0 Å². The summed E-state index contributed by atoms with van der Waals surface area (Å²) in [6.07, 6.45) is 5.71. The maximum absolute atomic E-state index is 13.2. The normalized spacial score (nSPS) is 19.7. The summed E-state index contributed by atoms with van der Waals surface area (Å²) in [5, 5.41) is 0. The predicted octanol–water partition coefficient (Wildman–Crippen LogP) is 3.55. The molecule has 1 aromatic carbocycles. The molecule has 0 radical (unpaired) electrons. The Morgan fingerprint density at radius 2 is 1.82 bits per heavy atom. The van der Waals surface area contributed by atoms with Gasteiger partial charge in [-0.25, -0.2) is 0 Å². The van der Waals surface area contributed by atoms with Crippen LogP contribution in [0.5, 0.6) is 0 Å². The third-order valence-corrected chi connectivity index (χ3v) is 6.39. The van der Waals surface area contributed by atoms with Crippen LogP contribution in [0.25, 0.3) is 0 Å². The Kier molecular flexibility index (Phi) is 5.11. The Morgan fingerprint density at radius 3 is 2.46 bits per heavy atom. The van der Waals surface area contributed by atoms with E-state index in [1.54, 1.807) is 10.8 Å². The number of amides is 1. The standard InChI is InChI=1S/C23H28N2O3/c1-17-9-13-25(18(2)19-7-4-3-5-8-19)22(27)20(17)21(26)24-14-11-23(12-15-24)10-6-16-28-23/h3-5,7-9,13,18H,6,10-12,14-16H2,1-2H3. The highest BCUT2D eigenvalue weighted by molar-refractivity contribution is 5.95. The van der Waals surface area contributed by atoms with Crippen LogP contribution in [0.4, 0.5) is 0 Å². The molecule has 0 aliphatic carbocycles. The van der Waals surface area contributed by atoms with E-state index >= 15 is 0 Å². The number of likely N-dealkylation sites (tertiary alicyclic amines) is 1. The molecule has 28 heavy (non-hydrogen) atoms. The maximum atomic E-state index is 13.2. The summed E-state index contributed by atoms with van der Waals surface area (Å²) in [7, 11) is 0. The molecule has 1 atom stereocenters. The summed E-state index contributed by atoms with van der Waals surface area (Å²) in [5.74, 6) is -0.148. The molecule has 3 heterocycles. The Balaban J connectivity index is 1.59. The minimum Gasteiger partial charge on any atom is -0.375 e. The van der Waals surface area contributed by atoms with Crippen molar-refractivity contribution >= 4 is 5.91 Å². The quantitative estimate of drug-likeness (QED) is 0.818. The minimum absolute atomic E-state index is 0.0372. The van der Waals surface area contributed by atoms with Crippen molar-refractivity contribution in [2.45, 2.75) is 51.2 Å². The molecule has 2 aliphatic heterocycles. The molecule has 4 rings (SSSR count). The van der Waals surface area contributed by atoms with E-state index in [1.165, 1.54) is 0 Å². The third kappa shape index (κ3) is 3.39. The smallest absolute Gasteiger partial charge is 0.264 e. The molecular formula is C23H28N2O3. The maximum Gasteiger partial charge on any atom is 0.264 e. The zero-order chi connectivity index (χ0) is 19.7. The number of nitrogens with zero attached hydrogens (tertiary/aromatic N) is 2. The van der Waals surface area contributed by atoms with E-state index in [4.69, 9.17) is 4.74 Å². The van der Waals surface area contributed by atoms with Gasteiger partial charge in [-0.15, -0.1) is 0 Å². The number of pyridine rings is 1. The summed E-state index contributed by atoms with van der Waals surface area (Å²) in [6.45, 7) is 5.97. The first-order valence-electron chi connectivity index (χ1n) is 10.2. The second kappa shape index (κ2) is 7.55. The van der Waals surface area contributed by atoms with Crippen molar-refractivity contribution in [3.8, 4) is 0 Å². The van der Waals surface area contributed by atoms with E-state index in [9.17, 15) is 9.59 Å². The summed E-state index contributed by atoms with van der Waals surface area (Å²) in [4.78, 5) is 28.3. The first-order valence-corrected chi connectivity index (χ1v) is 10.2. The summed E-state index contributed by atoms with van der Waals surface area (Å²) in [6, 6.07) is 11.6. The highest BCUT2D eigenvalue weighted by atomic mass is 16.5. The molecule has 0 bridgehead atoms. The molecule has 2 saturated heterocycles. The van der Waals surface area contributed by atoms with Crippen molar-refractivity contribution in [2.24, 2.45) is 0 Å². The van der Waals surface area contributed by atoms with Gasteiger partial charge in [0.05, 0.1) is 11.6 Å². The Bertz CT molecular complexity index is 903. The number of piperidine rings is 1. The van der Waals surface area contributed by atoms with Crippen LogP contribution in [-0.2, 0) is 4.74 Å². The SMILES string of the molecule is Cc1ccn(C(C)c2ccccc2)c(=O)c1C(=O)N1CCC2(CCCO2)CC1. The van der Waals surface area contributed by atoms with Crippen molar-refractivity contribution in [3.05, 3.63) is 69.6 Å². The fourth-order valence-electron chi connectivity index (χ4n) is 4.52. The number of carbonyl (C=O) groups is 1. The Morgan fingerprint density at radius 1 is 1.11 bits per heavy atom. The van der Waals surface area contributed by atoms with Crippen LogP contribution >= 0.6 is 0 Å². The summed E-state index contributed by atoms with van der Waals surface area (Å²) in [5.41, 5.74) is 1.84. The molecule has 1 amide bonds. The van der Waals surface area contributed by atoms with Crippen LogP contribution in [0.1, 0.15) is 60.1 Å². The van der Waals surface area contributed by atoms with Crippen LogP contribution in [0, 0.1) is 6.92 Å². The van der Waals surface area contributed by atoms with Crippen LogP contribution in [0.2, 0.25) is 0 Å². The minimum atomic E-state index is -0.209. The van der Waals surface area contributed by atoms with Crippen LogP contribution in [0.15, 0.2) is 47.4 Å². The van der Waals surface area contributed by atoms with Crippen LogP contribution in [0.3, 0.4) is 0 Å². The van der Waals surface area contributed by atoms with Crippen LogP contribution in [-0.4, -0.2) is 40.7 Å². The highest BCUT2D eigenvalue weighted by Gasteiger charge is 2.40. The second-order valence-corrected chi connectivity index (χ2v) is 8.10. The molecule has 148 valence electrons. The number of benzene rings is 1. The molecule has 0 saturated carbocycles. The van der Waals surface area contributed by atoms with Gasteiger partial charge in [0.25, 0.3) is 11.5 Å². The van der Waals surface area contributed by atoms with E-state index in [0.717, 1.165) is 43.4 Å². The molecular weight excluding hydrogens is 352 g/mol. The van der Waals surface area contributed by atoms with Crippen molar-refractivity contribution in [2.75, 3.05) is 19.7 Å². The molecule has 1 unspecified atom stereocenters. The largest absolute Gasteiger partial charge is 0.375 e. The molecule has 5 nitrogen and oxygen atoms in total. The number of ether oxygens (including phenoxy) is 1. The highest BCUT2D eigenvalue weighted by Crippen LogP contribution is 2.35. The molecule has 5 heteroatoms. The van der Waals surface area contributed by atoms with Crippen molar-refractivity contribution in [1.82, 2.24) is 9.47 Å². The van der Waals surface area contributed by atoms with E-state index < -0.39 is 0 Å². The summed E-state index contributed by atoms with van der Waals surface area (Å²) < 4.78 is 7.63. The number of carbonyl (C=O) groups excluding carboxylic acids is 1. The molecule has 1 spiro atoms. The second-order valence-electron chi connectivity index (χ2n) is 8.10. The molecule has 2 aromatic rings. The molecule has 0 N–H and O–H groups in total. The average molecular weight is 380 g/mol. The van der Waals surface area contributed by atoms with Crippen molar-refractivity contribution in [1.29, 1.82) is 0 Å². The summed E-state index contributed by atoms with van der Waals surface area (Å²) >= 11 is 0. The monoisotopic (exact) mass is 380 g/mol. The lowest BCUT2D eigenvalue weighted by Gasteiger charge is -2.38. The van der Waals surface area contributed by atoms with Gasteiger partial charge in [0.15, 0.2) is 0 Å². The number of aromatic nitrogens is 1. The Hall–Kier alpha value is -2.40. The number of hydrogen-bond acceptors (Lipinski definition) is 3. The third-order valence-electron chi connectivity index (χ3n) is 6.39. The van der Waals surface area contributed by atoms with Crippen LogP contribution < -0.4 is 5.56 Å².